The first-order valence-corrected chi connectivity index (χ1v) is 8.10. The van der Waals surface area contributed by atoms with Crippen molar-refractivity contribution in [2.45, 2.75) is 32.6 Å². The molecular formula is C11H23N3O2S. The van der Waals surface area contributed by atoms with Gasteiger partial charge in [-0.1, -0.05) is 6.92 Å². The number of hydrogen-bond acceptors (Lipinski definition) is 3. The van der Waals surface area contributed by atoms with E-state index >= 15 is 0 Å². The maximum Gasteiger partial charge on any atom is 0.188 e. The Morgan fingerprint density at radius 1 is 1.41 bits per heavy atom. The smallest absolute Gasteiger partial charge is 0.188 e. The van der Waals surface area contributed by atoms with Crippen molar-refractivity contribution in [3.8, 4) is 0 Å². The zero-order valence-corrected chi connectivity index (χ0v) is 11.3. The van der Waals surface area contributed by atoms with E-state index in [-0.39, 0.29) is 0 Å². The van der Waals surface area contributed by atoms with Crippen LogP contribution in [-0.4, -0.2) is 39.0 Å². The van der Waals surface area contributed by atoms with Crippen LogP contribution in [0.25, 0.3) is 0 Å². The normalized spacial score (nSPS) is 21.4. The summed E-state index contributed by atoms with van der Waals surface area (Å²) in [7, 11) is -2.74. The van der Waals surface area contributed by atoms with E-state index in [1.807, 2.05) is 0 Å². The monoisotopic (exact) mass is 261 g/mol. The van der Waals surface area contributed by atoms with E-state index in [2.05, 4.69) is 17.2 Å². The Morgan fingerprint density at radius 2 is 2.06 bits per heavy atom. The van der Waals surface area contributed by atoms with Crippen molar-refractivity contribution in [3.05, 3.63) is 0 Å². The van der Waals surface area contributed by atoms with Crippen LogP contribution in [0.2, 0.25) is 0 Å². The van der Waals surface area contributed by atoms with Crippen molar-refractivity contribution in [1.82, 2.24) is 5.32 Å². The van der Waals surface area contributed by atoms with Crippen LogP contribution in [0.15, 0.2) is 4.99 Å². The van der Waals surface area contributed by atoms with Gasteiger partial charge in [0, 0.05) is 13.1 Å². The van der Waals surface area contributed by atoms with E-state index in [1.54, 1.807) is 0 Å². The molecule has 0 saturated carbocycles. The first kappa shape index (κ1) is 14.3. The summed E-state index contributed by atoms with van der Waals surface area (Å²) in [5, 5.41) is 3.06. The standard InChI is InChI=1S/C11H23N3O2S/c1-2-6-13-11(12)14-7-3-10-4-8-17(15,16)9-5-10/h10H,2-9H2,1H3,(H3,12,13,14). The van der Waals surface area contributed by atoms with Crippen LogP contribution in [0.3, 0.4) is 0 Å². The zero-order chi connectivity index (χ0) is 12.7. The summed E-state index contributed by atoms with van der Waals surface area (Å²) in [6, 6.07) is 0. The van der Waals surface area contributed by atoms with Crippen molar-refractivity contribution < 1.29 is 8.42 Å². The highest BCUT2D eigenvalue weighted by Crippen LogP contribution is 2.21. The van der Waals surface area contributed by atoms with E-state index in [1.165, 1.54) is 0 Å². The molecule has 1 fully saturated rings. The Hall–Kier alpha value is -0.780. The molecule has 1 aliphatic rings. The molecule has 0 aromatic heterocycles. The van der Waals surface area contributed by atoms with E-state index in [4.69, 9.17) is 5.73 Å². The Bertz CT molecular complexity index is 338. The van der Waals surface area contributed by atoms with Gasteiger partial charge in [-0.3, -0.25) is 4.99 Å². The molecule has 0 aromatic carbocycles. The molecule has 100 valence electrons. The van der Waals surface area contributed by atoms with Gasteiger partial charge in [0.2, 0.25) is 0 Å². The van der Waals surface area contributed by atoms with E-state index in [0.717, 1.165) is 38.8 Å². The molecule has 0 amide bonds. The second kappa shape index (κ2) is 6.83. The molecule has 3 N–H and O–H groups in total. The van der Waals surface area contributed by atoms with Gasteiger partial charge in [0.1, 0.15) is 9.84 Å². The Kier molecular flexibility index (Phi) is 5.74. The van der Waals surface area contributed by atoms with Gasteiger partial charge in [-0.25, -0.2) is 8.42 Å². The number of sulfone groups is 1. The molecule has 0 aliphatic carbocycles. The molecule has 0 atom stereocenters. The van der Waals surface area contributed by atoms with Gasteiger partial charge >= 0.3 is 0 Å². The number of nitrogens with one attached hydrogen (secondary N) is 1. The van der Waals surface area contributed by atoms with Gasteiger partial charge in [0.05, 0.1) is 11.5 Å². The lowest BCUT2D eigenvalue weighted by Gasteiger charge is -2.21. The number of aliphatic imine (C=N–C) groups is 1. The first-order valence-electron chi connectivity index (χ1n) is 6.27. The van der Waals surface area contributed by atoms with Crippen LogP contribution in [0.4, 0.5) is 0 Å². The third kappa shape index (κ3) is 5.91. The summed E-state index contributed by atoms with van der Waals surface area (Å²) >= 11 is 0. The third-order valence-corrected chi connectivity index (χ3v) is 4.75. The first-order chi connectivity index (χ1) is 8.03. The SMILES string of the molecule is CCCN=C(N)NCCC1CCS(=O)(=O)CC1. The summed E-state index contributed by atoms with van der Waals surface area (Å²) in [5.41, 5.74) is 5.66. The highest BCUT2D eigenvalue weighted by atomic mass is 32.2. The Labute approximate surface area is 104 Å². The third-order valence-electron chi connectivity index (χ3n) is 3.04. The fourth-order valence-corrected chi connectivity index (χ4v) is 3.51. The van der Waals surface area contributed by atoms with Crippen molar-refractivity contribution >= 4 is 15.8 Å². The summed E-state index contributed by atoms with van der Waals surface area (Å²) < 4.78 is 22.5. The van der Waals surface area contributed by atoms with Crippen LogP contribution in [-0.2, 0) is 9.84 Å². The van der Waals surface area contributed by atoms with E-state index < -0.39 is 9.84 Å². The fourth-order valence-electron chi connectivity index (χ4n) is 1.92. The second-order valence-corrected chi connectivity index (χ2v) is 6.88. The molecule has 1 aliphatic heterocycles. The maximum atomic E-state index is 11.2. The van der Waals surface area contributed by atoms with Crippen LogP contribution < -0.4 is 11.1 Å². The molecule has 5 nitrogen and oxygen atoms in total. The number of rotatable bonds is 5. The lowest BCUT2D eigenvalue weighted by molar-refractivity contribution is 0.434. The molecule has 0 spiro atoms. The van der Waals surface area contributed by atoms with Crippen LogP contribution >= 0.6 is 0 Å². The van der Waals surface area contributed by atoms with Crippen LogP contribution in [0.5, 0.6) is 0 Å². The minimum Gasteiger partial charge on any atom is -0.370 e. The number of guanidine groups is 1. The summed E-state index contributed by atoms with van der Waals surface area (Å²) in [4.78, 5) is 4.14. The van der Waals surface area contributed by atoms with Gasteiger partial charge in [-0.2, -0.15) is 0 Å². The second-order valence-electron chi connectivity index (χ2n) is 4.58. The summed E-state index contributed by atoms with van der Waals surface area (Å²) in [6.45, 7) is 3.59. The highest BCUT2D eigenvalue weighted by molar-refractivity contribution is 7.91. The number of nitrogens with two attached hydrogens (primary N) is 1. The Morgan fingerprint density at radius 3 is 2.65 bits per heavy atom. The molecule has 0 aromatic rings. The fraction of sp³-hybridized carbons (Fsp3) is 0.909. The molecule has 0 radical (unpaired) electrons. The van der Waals surface area contributed by atoms with Crippen molar-refractivity contribution in [1.29, 1.82) is 0 Å². The molecule has 0 unspecified atom stereocenters. The maximum absolute atomic E-state index is 11.2. The van der Waals surface area contributed by atoms with Gasteiger partial charge in [-0.05, 0) is 31.6 Å². The predicted molar refractivity (Wildman–Crippen MR) is 70.8 cm³/mol. The average molecular weight is 261 g/mol. The lowest BCUT2D eigenvalue weighted by Crippen LogP contribution is -2.34. The van der Waals surface area contributed by atoms with E-state index in [0.29, 0.717) is 23.4 Å². The van der Waals surface area contributed by atoms with Crippen molar-refractivity contribution in [2.24, 2.45) is 16.6 Å². The molecule has 6 heteroatoms. The summed E-state index contributed by atoms with van der Waals surface area (Å²) in [6.07, 6.45) is 3.53. The molecule has 1 heterocycles. The van der Waals surface area contributed by atoms with Crippen LogP contribution in [0.1, 0.15) is 32.6 Å². The molecule has 1 saturated heterocycles. The minimum atomic E-state index is -2.74. The van der Waals surface area contributed by atoms with Gasteiger partial charge < -0.3 is 11.1 Å². The molecule has 17 heavy (non-hydrogen) atoms. The van der Waals surface area contributed by atoms with Crippen molar-refractivity contribution in [2.75, 3.05) is 24.6 Å². The predicted octanol–water partition coefficient (Wildman–Crippen LogP) is 0.516. The van der Waals surface area contributed by atoms with Crippen LogP contribution in [0, 0.1) is 5.92 Å². The van der Waals surface area contributed by atoms with E-state index in [9.17, 15) is 8.42 Å². The average Bonchev–Trinajstić information content (AvgIpc) is 2.29. The topological polar surface area (TPSA) is 84.5 Å². The largest absolute Gasteiger partial charge is 0.370 e. The minimum absolute atomic E-state index is 0.344. The quantitative estimate of drug-likeness (QED) is 0.558. The lowest BCUT2D eigenvalue weighted by atomic mass is 9.99. The summed E-state index contributed by atoms with van der Waals surface area (Å²) in [5.74, 6) is 1.69. The molecule has 0 bridgehead atoms. The van der Waals surface area contributed by atoms with Gasteiger partial charge in [-0.15, -0.1) is 0 Å². The van der Waals surface area contributed by atoms with Gasteiger partial charge in [0.25, 0.3) is 0 Å². The number of nitrogens with zero attached hydrogens (tertiary/aromatic N) is 1. The Balaban J connectivity index is 2.16. The zero-order valence-electron chi connectivity index (χ0n) is 10.5. The van der Waals surface area contributed by atoms with Gasteiger partial charge in [0.15, 0.2) is 5.96 Å². The molecule has 1 rings (SSSR count). The number of hydrogen-bond donors (Lipinski definition) is 2. The molecular weight excluding hydrogens is 238 g/mol. The van der Waals surface area contributed by atoms with Crippen molar-refractivity contribution in [3.63, 3.8) is 0 Å². The highest BCUT2D eigenvalue weighted by Gasteiger charge is 2.22.